The molecule has 0 heterocycles. The number of rotatable bonds is 3. The van der Waals surface area contributed by atoms with Crippen molar-refractivity contribution >= 4 is 17.4 Å². The number of hydrogen-bond donors (Lipinski definition) is 0. The van der Waals surface area contributed by atoms with Crippen molar-refractivity contribution in [2.24, 2.45) is 0 Å². The molecule has 0 saturated carbocycles. The zero-order valence-electron chi connectivity index (χ0n) is 13.1. The lowest BCUT2D eigenvalue weighted by atomic mass is 10.0. The minimum atomic E-state index is -0.0469. The number of urea groups is 1. The lowest BCUT2D eigenvalue weighted by molar-refractivity contribution is 0.253. The molecule has 0 fully saturated rings. The van der Waals surface area contributed by atoms with E-state index in [4.69, 9.17) is 0 Å². The molecule has 3 nitrogen and oxygen atoms in total. The second kappa shape index (κ2) is 6.44. The van der Waals surface area contributed by atoms with E-state index in [9.17, 15) is 4.79 Å². The Morgan fingerprint density at radius 1 is 0.857 bits per heavy atom. The predicted molar refractivity (Wildman–Crippen MR) is 89.2 cm³/mol. The molecule has 2 aromatic rings. The lowest BCUT2D eigenvalue weighted by Gasteiger charge is -2.27. The van der Waals surface area contributed by atoms with Gasteiger partial charge in [0.2, 0.25) is 0 Å². The van der Waals surface area contributed by atoms with Crippen LogP contribution in [-0.4, -0.2) is 20.1 Å². The Labute approximate surface area is 126 Å². The summed E-state index contributed by atoms with van der Waals surface area (Å²) in [6, 6.07) is 17.7. The van der Waals surface area contributed by atoms with E-state index in [-0.39, 0.29) is 6.03 Å². The topological polar surface area (TPSA) is 23.6 Å². The fourth-order valence-corrected chi connectivity index (χ4v) is 2.37. The number of anilines is 2. The number of nitrogens with zero attached hydrogens (tertiary/aromatic N) is 2. The number of para-hydroxylation sites is 2. The molecule has 0 spiro atoms. The first-order valence-corrected chi connectivity index (χ1v) is 7.17. The van der Waals surface area contributed by atoms with E-state index in [0.717, 1.165) is 11.4 Å². The second-order valence-electron chi connectivity index (χ2n) is 5.45. The standard InChI is InChI=1S/C18H22N2O/c1-14(2)16-12-8-9-13-17(16)20(4)18(21)19(3)15-10-6-5-7-11-15/h5-14H,1-4H3. The van der Waals surface area contributed by atoms with Crippen molar-refractivity contribution < 1.29 is 4.79 Å². The summed E-state index contributed by atoms with van der Waals surface area (Å²) in [5.74, 6) is 0.374. The van der Waals surface area contributed by atoms with Gasteiger partial charge in [-0.25, -0.2) is 4.79 Å². The third-order valence-corrected chi connectivity index (χ3v) is 3.64. The molecule has 3 heteroatoms. The molecule has 0 aliphatic carbocycles. The second-order valence-corrected chi connectivity index (χ2v) is 5.45. The number of hydrogen-bond acceptors (Lipinski definition) is 1. The van der Waals surface area contributed by atoms with Gasteiger partial charge in [-0.1, -0.05) is 50.2 Å². The smallest absolute Gasteiger partial charge is 0.297 e. The maximum absolute atomic E-state index is 12.7. The minimum Gasteiger partial charge on any atom is -0.297 e. The molecule has 0 aliphatic rings. The largest absolute Gasteiger partial charge is 0.328 e. The molecule has 0 bridgehead atoms. The molecule has 2 aromatic carbocycles. The molecular formula is C18H22N2O. The molecule has 0 saturated heterocycles. The van der Waals surface area contributed by atoms with Crippen LogP contribution in [0.15, 0.2) is 54.6 Å². The molecule has 0 N–H and O–H groups in total. The normalized spacial score (nSPS) is 10.5. The zero-order valence-corrected chi connectivity index (χ0v) is 13.1. The fourth-order valence-electron chi connectivity index (χ4n) is 2.37. The van der Waals surface area contributed by atoms with Gasteiger partial charge in [0.15, 0.2) is 0 Å². The van der Waals surface area contributed by atoms with Crippen LogP contribution in [0.3, 0.4) is 0 Å². The summed E-state index contributed by atoms with van der Waals surface area (Å²) in [6.45, 7) is 4.27. The Morgan fingerprint density at radius 3 is 2.05 bits per heavy atom. The summed E-state index contributed by atoms with van der Waals surface area (Å²) < 4.78 is 0. The average Bonchev–Trinajstić information content (AvgIpc) is 2.53. The Morgan fingerprint density at radius 2 is 1.43 bits per heavy atom. The molecule has 0 atom stereocenters. The summed E-state index contributed by atoms with van der Waals surface area (Å²) in [7, 11) is 3.62. The third-order valence-electron chi connectivity index (χ3n) is 3.64. The van der Waals surface area contributed by atoms with Gasteiger partial charge >= 0.3 is 6.03 Å². The van der Waals surface area contributed by atoms with Crippen molar-refractivity contribution in [2.75, 3.05) is 23.9 Å². The van der Waals surface area contributed by atoms with Gasteiger partial charge in [-0.2, -0.15) is 0 Å². The highest BCUT2D eigenvalue weighted by atomic mass is 16.2. The van der Waals surface area contributed by atoms with E-state index in [1.807, 2.05) is 55.6 Å². The van der Waals surface area contributed by atoms with Gasteiger partial charge in [0.25, 0.3) is 0 Å². The molecule has 2 amide bonds. The van der Waals surface area contributed by atoms with E-state index in [1.165, 1.54) is 5.56 Å². The lowest BCUT2D eigenvalue weighted by Crippen LogP contribution is -2.39. The van der Waals surface area contributed by atoms with E-state index >= 15 is 0 Å². The van der Waals surface area contributed by atoms with Crippen molar-refractivity contribution in [1.29, 1.82) is 0 Å². The van der Waals surface area contributed by atoms with Gasteiger partial charge in [-0.3, -0.25) is 9.80 Å². The van der Waals surface area contributed by atoms with E-state index in [2.05, 4.69) is 19.9 Å². The van der Waals surface area contributed by atoms with Crippen LogP contribution in [-0.2, 0) is 0 Å². The van der Waals surface area contributed by atoms with Crippen molar-refractivity contribution in [3.8, 4) is 0 Å². The number of carbonyl (C=O) groups is 1. The quantitative estimate of drug-likeness (QED) is 0.813. The maximum atomic E-state index is 12.7. The molecule has 2 rings (SSSR count). The van der Waals surface area contributed by atoms with E-state index < -0.39 is 0 Å². The first-order chi connectivity index (χ1) is 10.0. The highest BCUT2D eigenvalue weighted by Gasteiger charge is 2.19. The molecule has 0 aliphatic heterocycles. The van der Waals surface area contributed by atoms with Crippen LogP contribution < -0.4 is 9.80 Å². The van der Waals surface area contributed by atoms with Gasteiger partial charge in [-0.05, 0) is 29.7 Å². The molecule has 0 unspecified atom stereocenters. The Bertz CT molecular complexity index is 608. The van der Waals surface area contributed by atoms with Crippen molar-refractivity contribution in [3.63, 3.8) is 0 Å². The predicted octanol–water partition coefficient (Wildman–Crippen LogP) is 4.50. The first-order valence-electron chi connectivity index (χ1n) is 7.17. The van der Waals surface area contributed by atoms with Crippen molar-refractivity contribution in [1.82, 2.24) is 0 Å². The van der Waals surface area contributed by atoms with E-state index in [0.29, 0.717) is 5.92 Å². The summed E-state index contributed by atoms with van der Waals surface area (Å²) in [4.78, 5) is 16.0. The average molecular weight is 282 g/mol. The van der Waals surface area contributed by atoms with Crippen LogP contribution in [0.25, 0.3) is 0 Å². The van der Waals surface area contributed by atoms with Crippen LogP contribution in [0.1, 0.15) is 25.3 Å². The minimum absolute atomic E-state index is 0.0469. The fraction of sp³-hybridized carbons (Fsp3) is 0.278. The Kier molecular flexibility index (Phi) is 4.63. The zero-order chi connectivity index (χ0) is 15.4. The van der Waals surface area contributed by atoms with Gasteiger partial charge in [0, 0.05) is 25.5 Å². The van der Waals surface area contributed by atoms with Gasteiger partial charge in [0.05, 0.1) is 0 Å². The highest BCUT2D eigenvalue weighted by molar-refractivity contribution is 6.03. The third kappa shape index (κ3) is 3.24. The van der Waals surface area contributed by atoms with Gasteiger partial charge in [-0.15, -0.1) is 0 Å². The van der Waals surface area contributed by atoms with Crippen molar-refractivity contribution in [2.45, 2.75) is 19.8 Å². The maximum Gasteiger partial charge on any atom is 0.328 e. The molecule has 0 aromatic heterocycles. The van der Waals surface area contributed by atoms with Crippen LogP contribution in [0, 0.1) is 0 Å². The first kappa shape index (κ1) is 15.1. The number of benzene rings is 2. The highest BCUT2D eigenvalue weighted by Crippen LogP contribution is 2.27. The summed E-state index contributed by atoms with van der Waals surface area (Å²) in [5.41, 5.74) is 3.02. The number of carbonyl (C=O) groups excluding carboxylic acids is 1. The van der Waals surface area contributed by atoms with Crippen LogP contribution >= 0.6 is 0 Å². The Balaban J connectivity index is 2.28. The molecule has 110 valence electrons. The summed E-state index contributed by atoms with van der Waals surface area (Å²) in [5, 5.41) is 0. The van der Waals surface area contributed by atoms with Crippen LogP contribution in [0.4, 0.5) is 16.2 Å². The molecular weight excluding hydrogens is 260 g/mol. The molecule has 21 heavy (non-hydrogen) atoms. The van der Waals surface area contributed by atoms with Crippen LogP contribution in [0.2, 0.25) is 0 Å². The van der Waals surface area contributed by atoms with Gasteiger partial charge < -0.3 is 0 Å². The van der Waals surface area contributed by atoms with Gasteiger partial charge in [0.1, 0.15) is 0 Å². The van der Waals surface area contributed by atoms with Crippen molar-refractivity contribution in [3.05, 3.63) is 60.2 Å². The van der Waals surface area contributed by atoms with E-state index in [1.54, 1.807) is 16.8 Å². The number of amides is 2. The monoisotopic (exact) mass is 282 g/mol. The summed E-state index contributed by atoms with van der Waals surface area (Å²) >= 11 is 0. The molecule has 0 radical (unpaired) electrons. The van der Waals surface area contributed by atoms with Crippen LogP contribution in [0.5, 0.6) is 0 Å². The Hall–Kier alpha value is -2.29. The summed E-state index contributed by atoms with van der Waals surface area (Å²) in [6.07, 6.45) is 0. The SMILES string of the molecule is CC(C)c1ccccc1N(C)C(=O)N(C)c1ccccc1.